The first-order chi connectivity index (χ1) is 16.5. The van der Waals surface area contributed by atoms with Crippen LogP contribution in [0, 0.1) is 5.82 Å². The summed E-state index contributed by atoms with van der Waals surface area (Å²) in [6.45, 7) is 4.92. The molecule has 0 aliphatic carbocycles. The minimum absolute atomic E-state index is 0.160. The Balaban J connectivity index is 1.21. The molecule has 2 aliphatic rings. The molecule has 1 unspecified atom stereocenters. The Morgan fingerprint density at radius 1 is 1.12 bits per heavy atom. The summed E-state index contributed by atoms with van der Waals surface area (Å²) < 4.78 is 19.3. The molecule has 0 radical (unpaired) electrons. The van der Waals surface area contributed by atoms with Crippen LogP contribution in [-0.4, -0.2) is 74.5 Å². The molecule has 1 atom stereocenters. The molecular weight excluding hydrogens is 437 g/mol. The summed E-state index contributed by atoms with van der Waals surface area (Å²) in [7, 11) is 3.77. The molecule has 2 fully saturated rings. The van der Waals surface area contributed by atoms with E-state index in [0.717, 1.165) is 60.5 Å². The predicted octanol–water partition coefficient (Wildman–Crippen LogP) is 4.02. The summed E-state index contributed by atoms with van der Waals surface area (Å²) in [6.07, 6.45) is 2.22. The highest BCUT2D eigenvalue weighted by atomic mass is 19.1. The number of carbonyl (C=O) groups excluding carboxylic acids is 1. The molecule has 34 heavy (non-hydrogen) atoms. The molecule has 9 heteroatoms. The number of nitrogens with zero attached hydrogens (tertiary/aromatic N) is 3. The number of rotatable bonds is 5. The lowest BCUT2D eigenvalue weighted by molar-refractivity contribution is -0.0749. The van der Waals surface area contributed by atoms with Gasteiger partial charge in [-0.2, -0.15) is 0 Å². The molecule has 5 rings (SSSR count). The number of hydrogen-bond acceptors (Lipinski definition) is 6. The Labute approximate surface area is 198 Å². The zero-order valence-corrected chi connectivity index (χ0v) is 19.5. The molecule has 180 valence electrons. The molecular formula is C25H30FN5O3. The lowest BCUT2D eigenvalue weighted by Gasteiger charge is -2.34. The van der Waals surface area contributed by atoms with Crippen LogP contribution in [0.5, 0.6) is 5.75 Å². The normalized spacial score (nSPS) is 19.5. The standard InChI is InChI=1S/C25H30FN5O3/c1-29-9-11-30(12-10-29)23-14-19(4-6-24(23)33-2)28-25(32)34-31-8-7-17(16-31)21-15-27-22-5-3-18(26)13-20(21)22/h3-6,13-15,17,27H,7-12,16H2,1-2H3,(H,28,32). The summed E-state index contributed by atoms with van der Waals surface area (Å²) in [5, 5.41) is 5.39. The average molecular weight is 468 g/mol. The topological polar surface area (TPSA) is 73.1 Å². The number of likely N-dealkylation sites (N-methyl/N-ethyl adjacent to an activating group) is 1. The van der Waals surface area contributed by atoms with E-state index in [1.807, 2.05) is 24.4 Å². The summed E-state index contributed by atoms with van der Waals surface area (Å²) in [5.74, 6) is 0.684. The number of piperazine rings is 1. The number of nitrogens with one attached hydrogen (secondary N) is 2. The van der Waals surface area contributed by atoms with Crippen molar-refractivity contribution in [1.82, 2.24) is 14.9 Å². The Hall–Kier alpha value is -3.30. The van der Waals surface area contributed by atoms with Gasteiger partial charge in [-0.15, -0.1) is 5.06 Å². The number of halogens is 1. The number of fused-ring (bicyclic) bond motifs is 1. The highest BCUT2D eigenvalue weighted by molar-refractivity contribution is 5.86. The van der Waals surface area contributed by atoms with E-state index in [9.17, 15) is 9.18 Å². The van der Waals surface area contributed by atoms with Crippen molar-refractivity contribution in [3.63, 3.8) is 0 Å². The summed E-state index contributed by atoms with van der Waals surface area (Å²) >= 11 is 0. The highest BCUT2D eigenvalue weighted by Gasteiger charge is 2.29. The summed E-state index contributed by atoms with van der Waals surface area (Å²) in [4.78, 5) is 26.0. The summed E-state index contributed by atoms with van der Waals surface area (Å²) in [6, 6.07) is 10.4. The fourth-order valence-electron chi connectivity index (χ4n) is 4.84. The van der Waals surface area contributed by atoms with E-state index in [1.54, 1.807) is 24.3 Å². The largest absolute Gasteiger partial charge is 0.495 e. The van der Waals surface area contributed by atoms with Crippen molar-refractivity contribution in [2.75, 3.05) is 63.6 Å². The van der Waals surface area contributed by atoms with Gasteiger partial charge in [-0.3, -0.25) is 5.32 Å². The number of H-pyrrole nitrogens is 1. The van der Waals surface area contributed by atoms with Gasteiger partial charge in [-0.05, 0) is 55.4 Å². The number of anilines is 2. The van der Waals surface area contributed by atoms with Crippen LogP contribution < -0.4 is 15.0 Å². The van der Waals surface area contributed by atoms with Gasteiger partial charge in [-0.25, -0.2) is 9.18 Å². The lowest BCUT2D eigenvalue weighted by atomic mass is 9.98. The van der Waals surface area contributed by atoms with Crippen LogP contribution in [0.4, 0.5) is 20.6 Å². The van der Waals surface area contributed by atoms with Gasteiger partial charge in [-0.1, -0.05) is 0 Å². The first-order valence-electron chi connectivity index (χ1n) is 11.6. The maximum absolute atomic E-state index is 13.7. The lowest BCUT2D eigenvalue weighted by Crippen LogP contribution is -2.44. The van der Waals surface area contributed by atoms with Crippen molar-refractivity contribution in [3.8, 4) is 5.75 Å². The van der Waals surface area contributed by atoms with Crippen LogP contribution in [0.15, 0.2) is 42.6 Å². The molecule has 1 amide bonds. The zero-order chi connectivity index (χ0) is 23.7. The number of ether oxygens (including phenoxy) is 1. The molecule has 2 aromatic carbocycles. The van der Waals surface area contributed by atoms with Crippen LogP contribution in [0.2, 0.25) is 0 Å². The van der Waals surface area contributed by atoms with Crippen LogP contribution in [-0.2, 0) is 4.84 Å². The van der Waals surface area contributed by atoms with E-state index in [-0.39, 0.29) is 11.7 Å². The van der Waals surface area contributed by atoms with E-state index in [2.05, 4.69) is 27.1 Å². The molecule has 2 N–H and O–H groups in total. The van der Waals surface area contributed by atoms with Gasteiger partial charge in [0.15, 0.2) is 0 Å². The van der Waals surface area contributed by atoms with Crippen molar-refractivity contribution in [2.24, 2.45) is 0 Å². The number of benzene rings is 2. The minimum atomic E-state index is -0.528. The van der Waals surface area contributed by atoms with Crippen LogP contribution in [0.1, 0.15) is 17.9 Å². The van der Waals surface area contributed by atoms with Crippen LogP contribution in [0.25, 0.3) is 10.9 Å². The first kappa shape index (κ1) is 22.5. The maximum atomic E-state index is 13.7. The van der Waals surface area contributed by atoms with Gasteiger partial charge >= 0.3 is 6.09 Å². The van der Waals surface area contributed by atoms with E-state index in [1.165, 1.54) is 6.07 Å². The quantitative estimate of drug-likeness (QED) is 0.591. The Morgan fingerprint density at radius 2 is 1.94 bits per heavy atom. The van der Waals surface area contributed by atoms with Gasteiger partial charge < -0.3 is 24.4 Å². The predicted molar refractivity (Wildman–Crippen MR) is 130 cm³/mol. The van der Waals surface area contributed by atoms with Gasteiger partial charge in [0.2, 0.25) is 0 Å². The third-order valence-electron chi connectivity index (χ3n) is 6.75. The van der Waals surface area contributed by atoms with Crippen molar-refractivity contribution in [2.45, 2.75) is 12.3 Å². The molecule has 3 aromatic rings. The zero-order valence-electron chi connectivity index (χ0n) is 19.5. The third-order valence-corrected chi connectivity index (χ3v) is 6.75. The Bertz CT molecular complexity index is 1170. The fraction of sp³-hybridized carbons (Fsp3) is 0.400. The van der Waals surface area contributed by atoms with Gasteiger partial charge in [0.25, 0.3) is 0 Å². The van der Waals surface area contributed by atoms with Gasteiger partial charge in [0.1, 0.15) is 11.6 Å². The maximum Gasteiger partial charge on any atom is 0.430 e. The molecule has 0 bridgehead atoms. The molecule has 2 aliphatic heterocycles. The van der Waals surface area contributed by atoms with E-state index >= 15 is 0 Å². The van der Waals surface area contributed by atoms with Gasteiger partial charge in [0.05, 0.1) is 12.8 Å². The first-order valence-corrected chi connectivity index (χ1v) is 11.6. The number of carbonyl (C=O) groups is 1. The van der Waals surface area contributed by atoms with Crippen molar-refractivity contribution in [1.29, 1.82) is 0 Å². The summed E-state index contributed by atoms with van der Waals surface area (Å²) in [5.41, 5.74) is 3.57. The van der Waals surface area contributed by atoms with E-state index < -0.39 is 6.09 Å². The Morgan fingerprint density at radius 3 is 2.74 bits per heavy atom. The molecule has 0 saturated carbocycles. The van der Waals surface area contributed by atoms with Gasteiger partial charge in [0, 0.05) is 68.0 Å². The number of hydrogen-bond donors (Lipinski definition) is 2. The minimum Gasteiger partial charge on any atom is -0.495 e. The second kappa shape index (κ2) is 9.52. The van der Waals surface area contributed by atoms with E-state index in [4.69, 9.17) is 9.57 Å². The second-order valence-corrected chi connectivity index (χ2v) is 8.99. The molecule has 1 aromatic heterocycles. The SMILES string of the molecule is COc1ccc(NC(=O)ON2CCC(c3c[nH]c4ccc(F)cc34)C2)cc1N1CCN(C)CC1. The van der Waals surface area contributed by atoms with E-state index in [0.29, 0.717) is 18.8 Å². The fourth-order valence-corrected chi connectivity index (χ4v) is 4.84. The number of aromatic nitrogens is 1. The smallest absolute Gasteiger partial charge is 0.430 e. The molecule has 3 heterocycles. The monoisotopic (exact) mass is 467 g/mol. The molecule has 2 saturated heterocycles. The molecule has 8 nitrogen and oxygen atoms in total. The van der Waals surface area contributed by atoms with Crippen LogP contribution in [0.3, 0.4) is 0 Å². The number of amides is 1. The number of aromatic amines is 1. The van der Waals surface area contributed by atoms with Crippen molar-refractivity contribution >= 4 is 28.4 Å². The van der Waals surface area contributed by atoms with Crippen molar-refractivity contribution in [3.05, 3.63) is 54.0 Å². The average Bonchev–Trinajstić information content (AvgIpc) is 3.46. The number of hydroxylamine groups is 2. The second-order valence-electron chi connectivity index (χ2n) is 8.99. The number of methoxy groups -OCH3 is 1. The van der Waals surface area contributed by atoms with Crippen LogP contribution >= 0.6 is 0 Å². The molecule has 0 spiro atoms. The Kier molecular flexibility index (Phi) is 6.30. The highest BCUT2D eigenvalue weighted by Crippen LogP contribution is 2.34. The van der Waals surface area contributed by atoms with Crippen molar-refractivity contribution < 1.29 is 18.8 Å². The third kappa shape index (κ3) is 4.67.